The average molecular weight is 510 g/mol. The molecule has 2 rings (SSSR count). The second kappa shape index (κ2) is 10.9. The van der Waals surface area contributed by atoms with Crippen LogP contribution in [-0.2, 0) is 29.7 Å². The molecule has 0 bridgehead atoms. The van der Waals surface area contributed by atoms with E-state index in [1.165, 1.54) is 6.92 Å². The second-order valence-electron chi connectivity index (χ2n) is 12.5. The second-order valence-corrected chi connectivity index (χ2v) is 22.0. The Labute approximate surface area is 209 Å². The molecule has 6 nitrogen and oxygen atoms in total. The molecule has 0 saturated carbocycles. The maximum Gasteiger partial charge on any atom is 0.217 e. The van der Waals surface area contributed by atoms with Gasteiger partial charge in [-0.3, -0.25) is 4.79 Å². The quantitative estimate of drug-likeness (QED) is 0.423. The van der Waals surface area contributed by atoms with Crippen LogP contribution in [0.2, 0.25) is 36.3 Å². The van der Waals surface area contributed by atoms with Crippen LogP contribution < -0.4 is 5.32 Å². The lowest BCUT2D eigenvalue weighted by Gasteiger charge is -2.41. The summed E-state index contributed by atoms with van der Waals surface area (Å²) in [5.74, 6) is -0.118. The van der Waals surface area contributed by atoms with Crippen LogP contribution in [0.3, 0.4) is 0 Å². The molecule has 1 fully saturated rings. The van der Waals surface area contributed by atoms with Crippen molar-refractivity contribution in [2.45, 2.75) is 116 Å². The molecule has 1 heterocycles. The van der Waals surface area contributed by atoms with Gasteiger partial charge in [-0.05, 0) is 41.8 Å². The van der Waals surface area contributed by atoms with Crippen LogP contribution in [0.1, 0.15) is 54.0 Å². The van der Waals surface area contributed by atoms with Crippen molar-refractivity contribution < 1.29 is 23.1 Å². The van der Waals surface area contributed by atoms with Gasteiger partial charge in [-0.1, -0.05) is 71.9 Å². The van der Waals surface area contributed by atoms with Gasteiger partial charge in [0.1, 0.15) is 12.1 Å². The molecule has 1 saturated heterocycles. The minimum Gasteiger partial charge on any atom is -0.409 e. The molecular formula is C26H47NO5Si2. The van der Waals surface area contributed by atoms with Crippen molar-refractivity contribution in [3.63, 3.8) is 0 Å². The van der Waals surface area contributed by atoms with Gasteiger partial charge in [-0.2, -0.15) is 0 Å². The molecule has 194 valence electrons. The van der Waals surface area contributed by atoms with Crippen LogP contribution in [0.4, 0.5) is 0 Å². The first kappa shape index (κ1) is 29.2. The maximum absolute atomic E-state index is 12.2. The van der Waals surface area contributed by atoms with Crippen molar-refractivity contribution in [2.75, 3.05) is 6.61 Å². The van der Waals surface area contributed by atoms with Crippen LogP contribution in [-0.4, -0.2) is 53.7 Å². The predicted molar refractivity (Wildman–Crippen MR) is 143 cm³/mol. The highest BCUT2D eigenvalue weighted by Crippen LogP contribution is 2.42. The first-order chi connectivity index (χ1) is 15.4. The zero-order valence-corrected chi connectivity index (χ0v) is 25.2. The summed E-state index contributed by atoms with van der Waals surface area (Å²) < 4.78 is 26.1. The van der Waals surface area contributed by atoms with Crippen molar-refractivity contribution in [3.05, 3.63) is 35.9 Å². The minimum absolute atomic E-state index is 0.00874. The molecule has 1 N–H and O–H groups in total. The normalized spacial score (nSPS) is 24.3. The molecule has 34 heavy (non-hydrogen) atoms. The van der Waals surface area contributed by atoms with E-state index in [9.17, 15) is 4.79 Å². The summed E-state index contributed by atoms with van der Waals surface area (Å²) in [6.07, 6.45) is -1.27. The summed E-state index contributed by atoms with van der Waals surface area (Å²) in [5, 5.41) is 3.13. The topological polar surface area (TPSA) is 66.0 Å². The maximum atomic E-state index is 12.2. The molecule has 0 radical (unpaired) electrons. The SMILES string of the molecule is CC(=O)N[C@@H]1C(O[Si](C)(C)C(C)(C)C)O[C@H](COCc2ccccc2)C1O[Si](C)(C)C(C)(C)C. The van der Waals surface area contributed by atoms with E-state index < -0.39 is 29.0 Å². The Kier molecular flexibility index (Phi) is 9.38. The van der Waals surface area contributed by atoms with Crippen molar-refractivity contribution in [3.8, 4) is 0 Å². The van der Waals surface area contributed by atoms with Gasteiger partial charge in [0.15, 0.2) is 22.9 Å². The van der Waals surface area contributed by atoms with Crippen molar-refractivity contribution >= 4 is 22.5 Å². The Balaban J connectivity index is 2.31. The van der Waals surface area contributed by atoms with E-state index >= 15 is 0 Å². The third-order valence-electron chi connectivity index (χ3n) is 7.54. The molecule has 1 aromatic rings. The molecule has 0 aromatic heterocycles. The standard InChI is InChI=1S/C26H47NO5Si2/c1-19(28)27-22-23(31-33(8,9)25(2,3)4)21(18-29-17-20-15-13-12-14-16-20)30-24(22)32-34(10,11)26(5,6)7/h12-16,21-24H,17-18H2,1-11H3,(H,27,28)/t21-,22+,23?,24?/m1/s1. The van der Waals surface area contributed by atoms with E-state index in [4.69, 9.17) is 18.3 Å². The first-order valence-corrected chi connectivity index (χ1v) is 18.2. The largest absolute Gasteiger partial charge is 0.409 e. The number of hydrogen-bond donors (Lipinski definition) is 1. The summed E-state index contributed by atoms with van der Waals surface area (Å²) in [6, 6.07) is 9.69. The molecular weight excluding hydrogens is 462 g/mol. The molecule has 1 aromatic carbocycles. The molecule has 1 aliphatic rings. The molecule has 1 aliphatic heterocycles. The third-order valence-corrected chi connectivity index (χ3v) is 16.4. The average Bonchev–Trinajstić information content (AvgIpc) is 2.96. The van der Waals surface area contributed by atoms with Crippen molar-refractivity contribution in [1.82, 2.24) is 5.32 Å². The first-order valence-electron chi connectivity index (χ1n) is 12.3. The van der Waals surface area contributed by atoms with Gasteiger partial charge in [-0.15, -0.1) is 0 Å². The zero-order chi connectivity index (χ0) is 25.9. The Morgan fingerprint density at radius 1 is 0.941 bits per heavy atom. The summed E-state index contributed by atoms with van der Waals surface area (Å²) in [4.78, 5) is 12.2. The molecule has 2 unspecified atom stereocenters. The molecule has 0 aliphatic carbocycles. The van der Waals surface area contributed by atoms with Gasteiger partial charge < -0.3 is 23.6 Å². The number of amides is 1. The number of benzene rings is 1. The van der Waals surface area contributed by atoms with Crippen LogP contribution >= 0.6 is 0 Å². The highest BCUT2D eigenvalue weighted by atomic mass is 28.4. The van der Waals surface area contributed by atoms with E-state index in [0.29, 0.717) is 13.2 Å². The fourth-order valence-corrected chi connectivity index (χ4v) is 5.81. The van der Waals surface area contributed by atoms with Gasteiger partial charge >= 0.3 is 0 Å². The lowest BCUT2D eigenvalue weighted by atomic mass is 10.1. The predicted octanol–water partition coefficient (Wildman–Crippen LogP) is 5.85. The van der Waals surface area contributed by atoms with Crippen molar-refractivity contribution in [2.24, 2.45) is 0 Å². The fourth-order valence-electron chi connectivity index (χ4n) is 3.34. The molecule has 0 spiro atoms. The fraction of sp³-hybridized carbons (Fsp3) is 0.731. The van der Waals surface area contributed by atoms with E-state index in [2.05, 4.69) is 73.0 Å². The van der Waals surface area contributed by atoms with Gasteiger partial charge in [-0.25, -0.2) is 0 Å². The number of hydrogen-bond acceptors (Lipinski definition) is 5. The van der Waals surface area contributed by atoms with Crippen LogP contribution in [0, 0.1) is 0 Å². The van der Waals surface area contributed by atoms with E-state index in [0.717, 1.165) is 5.56 Å². The lowest BCUT2D eigenvalue weighted by molar-refractivity contribution is -0.126. The van der Waals surface area contributed by atoms with Gasteiger partial charge in [0, 0.05) is 6.92 Å². The number of carbonyl (C=O) groups excluding carboxylic acids is 1. The highest BCUT2D eigenvalue weighted by molar-refractivity contribution is 6.74. The monoisotopic (exact) mass is 509 g/mol. The van der Waals surface area contributed by atoms with Crippen LogP contribution in [0.15, 0.2) is 30.3 Å². The van der Waals surface area contributed by atoms with E-state index in [1.54, 1.807) is 0 Å². The third kappa shape index (κ3) is 7.48. The van der Waals surface area contributed by atoms with Gasteiger partial charge in [0.05, 0.1) is 19.3 Å². The van der Waals surface area contributed by atoms with Gasteiger partial charge in [0.2, 0.25) is 5.91 Å². The van der Waals surface area contributed by atoms with Gasteiger partial charge in [0.25, 0.3) is 0 Å². The lowest BCUT2D eigenvalue weighted by Crippen LogP contribution is -2.56. The van der Waals surface area contributed by atoms with Crippen LogP contribution in [0.25, 0.3) is 0 Å². The summed E-state index contributed by atoms with van der Waals surface area (Å²) in [6.45, 7) is 24.5. The highest BCUT2D eigenvalue weighted by Gasteiger charge is 2.53. The Morgan fingerprint density at radius 2 is 1.47 bits per heavy atom. The Bertz CT molecular complexity index is 802. The number of carbonyl (C=O) groups is 1. The van der Waals surface area contributed by atoms with Crippen LogP contribution in [0.5, 0.6) is 0 Å². The number of nitrogens with one attached hydrogen (secondary N) is 1. The number of ether oxygens (including phenoxy) is 2. The summed E-state index contributed by atoms with van der Waals surface area (Å²) in [7, 11) is -4.33. The Hall–Kier alpha value is -1.04. The minimum atomic E-state index is -2.16. The molecule has 1 amide bonds. The summed E-state index contributed by atoms with van der Waals surface area (Å²) in [5.41, 5.74) is 1.11. The number of rotatable bonds is 9. The summed E-state index contributed by atoms with van der Waals surface area (Å²) >= 11 is 0. The van der Waals surface area contributed by atoms with E-state index in [1.807, 2.05) is 30.3 Å². The van der Waals surface area contributed by atoms with Crippen molar-refractivity contribution in [1.29, 1.82) is 0 Å². The smallest absolute Gasteiger partial charge is 0.217 e. The molecule has 4 atom stereocenters. The zero-order valence-electron chi connectivity index (χ0n) is 23.2. The molecule has 8 heteroatoms. The van der Waals surface area contributed by atoms with E-state index in [-0.39, 0.29) is 28.2 Å². The Morgan fingerprint density at radius 3 is 1.97 bits per heavy atom.